The van der Waals surface area contributed by atoms with Gasteiger partial charge in [0.1, 0.15) is 16.8 Å². The second-order valence-corrected chi connectivity index (χ2v) is 6.85. The van der Waals surface area contributed by atoms with E-state index in [4.69, 9.17) is 17.0 Å². The summed E-state index contributed by atoms with van der Waals surface area (Å²) in [5.74, 6) is -0.260. The molecule has 0 amide bonds. The van der Waals surface area contributed by atoms with Gasteiger partial charge in [0.05, 0.1) is 19.2 Å². The highest BCUT2D eigenvalue weighted by Gasteiger charge is 2.25. The van der Waals surface area contributed by atoms with E-state index in [1.807, 2.05) is 42.5 Å². The van der Waals surface area contributed by atoms with Crippen molar-refractivity contribution in [3.05, 3.63) is 58.1 Å². The lowest BCUT2D eigenvalue weighted by atomic mass is 10.00. The van der Waals surface area contributed by atoms with Crippen molar-refractivity contribution in [1.29, 1.82) is 0 Å². The fourth-order valence-corrected chi connectivity index (χ4v) is 3.11. The number of hydrogen-bond donors (Lipinski definition) is 2. The quantitative estimate of drug-likeness (QED) is 0.736. The number of halogens is 1. The molecule has 1 atom stereocenters. The topological polar surface area (TPSA) is 70.9 Å². The minimum atomic E-state index is -0.948. The van der Waals surface area contributed by atoms with E-state index in [9.17, 15) is 9.90 Å². The number of aliphatic imine (C=N–C) groups is 1. The van der Waals surface area contributed by atoms with Crippen molar-refractivity contribution in [1.82, 2.24) is 0 Å². The van der Waals surface area contributed by atoms with Crippen LogP contribution in [-0.2, 0) is 4.79 Å². The van der Waals surface area contributed by atoms with Gasteiger partial charge in [-0.25, -0.2) is 0 Å². The van der Waals surface area contributed by atoms with Crippen molar-refractivity contribution in [2.75, 3.05) is 12.4 Å². The van der Waals surface area contributed by atoms with Gasteiger partial charge in [0, 0.05) is 21.3 Å². The number of anilines is 1. The number of benzodiazepines with no additional fused rings is 1. The van der Waals surface area contributed by atoms with Gasteiger partial charge in [0.2, 0.25) is 0 Å². The first kappa shape index (κ1) is 17.6. The molecule has 128 valence electrons. The summed E-state index contributed by atoms with van der Waals surface area (Å²) < 4.78 is 6.28. The number of aliphatic carboxylic acids is 1. The first-order chi connectivity index (χ1) is 12.0. The minimum absolute atomic E-state index is 0.170. The molecule has 0 saturated carbocycles. The fraction of sp³-hybridized carbons (Fsp3) is 0.167. The molecule has 1 aliphatic rings. The average molecular weight is 419 g/mol. The molecule has 0 radical (unpaired) electrons. The van der Waals surface area contributed by atoms with Gasteiger partial charge in [-0.1, -0.05) is 40.3 Å². The highest BCUT2D eigenvalue weighted by molar-refractivity contribution is 9.10. The molecule has 2 aromatic carbocycles. The predicted molar refractivity (Wildman–Crippen MR) is 105 cm³/mol. The summed E-state index contributed by atoms with van der Waals surface area (Å²) in [7, 11) is 1.60. The van der Waals surface area contributed by atoms with Crippen LogP contribution in [0.3, 0.4) is 0 Å². The normalized spacial score (nSPS) is 16.3. The summed E-state index contributed by atoms with van der Waals surface area (Å²) in [6, 6.07) is 12.6. The number of carbonyl (C=O) groups is 1. The SMILES string of the molecule is COc1ccc2c(c1)C(c1ccc(Br)cc1)=N[C@@H](CC(=O)O)C(=S)N2. The van der Waals surface area contributed by atoms with E-state index in [0.717, 1.165) is 21.3 Å². The number of hydrogen-bond acceptors (Lipinski definition) is 4. The Morgan fingerprint density at radius 2 is 2.04 bits per heavy atom. The molecule has 0 aromatic heterocycles. The Labute approximate surface area is 158 Å². The van der Waals surface area contributed by atoms with Crippen LogP contribution in [0, 0.1) is 0 Å². The zero-order chi connectivity index (χ0) is 18.0. The smallest absolute Gasteiger partial charge is 0.305 e. The maximum atomic E-state index is 11.2. The van der Waals surface area contributed by atoms with E-state index in [0.29, 0.717) is 16.4 Å². The van der Waals surface area contributed by atoms with E-state index in [1.165, 1.54) is 0 Å². The third-order valence-corrected chi connectivity index (χ3v) is 4.72. The number of carboxylic acid groups (broad SMARTS) is 1. The summed E-state index contributed by atoms with van der Waals surface area (Å²) in [6.07, 6.45) is -0.170. The number of methoxy groups -OCH3 is 1. The first-order valence-electron chi connectivity index (χ1n) is 7.52. The Hall–Kier alpha value is -2.25. The number of nitrogens with one attached hydrogen (secondary N) is 1. The molecule has 25 heavy (non-hydrogen) atoms. The zero-order valence-electron chi connectivity index (χ0n) is 13.3. The van der Waals surface area contributed by atoms with Crippen LogP contribution in [0.1, 0.15) is 17.5 Å². The fourth-order valence-electron chi connectivity index (χ4n) is 2.60. The monoisotopic (exact) mass is 418 g/mol. The summed E-state index contributed by atoms with van der Waals surface area (Å²) >= 11 is 8.80. The molecule has 0 saturated heterocycles. The maximum absolute atomic E-state index is 11.2. The molecule has 0 fully saturated rings. The van der Waals surface area contributed by atoms with Gasteiger partial charge in [-0.15, -0.1) is 0 Å². The van der Waals surface area contributed by atoms with Crippen LogP contribution in [0.2, 0.25) is 0 Å². The van der Waals surface area contributed by atoms with Crippen LogP contribution in [-0.4, -0.2) is 34.9 Å². The third kappa shape index (κ3) is 3.88. The molecule has 5 nitrogen and oxygen atoms in total. The highest BCUT2D eigenvalue weighted by Crippen LogP contribution is 2.29. The highest BCUT2D eigenvalue weighted by atomic mass is 79.9. The Morgan fingerprint density at radius 1 is 1.32 bits per heavy atom. The molecular formula is C18H15BrN2O3S. The van der Waals surface area contributed by atoms with Crippen molar-refractivity contribution < 1.29 is 14.6 Å². The molecule has 3 rings (SSSR count). The Morgan fingerprint density at radius 3 is 2.68 bits per heavy atom. The molecular weight excluding hydrogens is 404 g/mol. The lowest BCUT2D eigenvalue weighted by Gasteiger charge is -2.12. The molecule has 0 unspecified atom stereocenters. The second-order valence-electron chi connectivity index (χ2n) is 5.50. The molecule has 0 spiro atoms. The van der Waals surface area contributed by atoms with Gasteiger partial charge in [0.15, 0.2) is 0 Å². The van der Waals surface area contributed by atoms with Crippen LogP contribution < -0.4 is 10.1 Å². The Kier molecular flexibility index (Phi) is 5.15. The van der Waals surface area contributed by atoms with Crippen LogP contribution >= 0.6 is 28.1 Å². The molecule has 2 aromatic rings. The maximum Gasteiger partial charge on any atom is 0.305 e. The molecule has 1 aliphatic heterocycles. The van der Waals surface area contributed by atoms with Gasteiger partial charge >= 0.3 is 5.97 Å². The Bertz CT molecular complexity index is 865. The zero-order valence-corrected chi connectivity index (χ0v) is 15.7. The van der Waals surface area contributed by atoms with Gasteiger partial charge in [-0.05, 0) is 30.3 Å². The standard InChI is InChI=1S/C18H15BrN2O3S/c1-24-12-6-7-14-13(8-12)17(10-2-4-11(19)5-3-10)20-15(9-16(22)23)18(25)21-14/h2-8,15H,9H2,1H3,(H,21,25)(H,22,23)/t15-/m0/s1. The summed E-state index contributed by atoms with van der Waals surface area (Å²) in [6.45, 7) is 0. The second kappa shape index (κ2) is 7.33. The largest absolute Gasteiger partial charge is 0.497 e. The molecule has 1 heterocycles. The van der Waals surface area contributed by atoms with Gasteiger partial charge in [0.25, 0.3) is 0 Å². The van der Waals surface area contributed by atoms with Crippen LogP contribution in [0.5, 0.6) is 5.75 Å². The number of benzene rings is 2. The molecule has 7 heteroatoms. The molecule has 2 N–H and O–H groups in total. The molecule has 0 bridgehead atoms. The Balaban J connectivity index is 2.18. The van der Waals surface area contributed by atoms with E-state index in [-0.39, 0.29) is 6.42 Å². The van der Waals surface area contributed by atoms with Crippen molar-refractivity contribution in [3.8, 4) is 5.75 Å². The number of nitrogens with zero attached hydrogens (tertiary/aromatic N) is 1. The van der Waals surface area contributed by atoms with Crippen molar-refractivity contribution in [2.24, 2.45) is 4.99 Å². The van der Waals surface area contributed by atoms with Gasteiger partial charge in [-0.3, -0.25) is 9.79 Å². The van der Waals surface area contributed by atoms with E-state index in [2.05, 4.69) is 26.2 Å². The van der Waals surface area contributed by atoms with Crippen LogP contribution in [0.25, 0.3) is 0 Å². The van der Waals surface area contributed by atoms with Crippen LogP contribution in [0.15, 0.2) is 51.9 Å². The third-order valence-electron chi connectivity index (χ3n) is 3.81. The lowest BCUT2D eigenvalue weighted by molar-refractivity contribution is -0.137. The predicted octanol–water partition coefficient (Wildman–Crippen LogP) is 3.89. The van der Waals surface area contributed by atoms with Gasteiger partial charge < -0.3 is 15.2 Å². The van der Waals surface area contributed by atoms with Crippen molar-refractivity contribution in [2.45, 2.75) is 12.5 Å². The molecule has 0 aliphatic carbocycles. The van der Waals surface area contributed by atoms with Gasteiger partial charge in [-0.2, -0.15) is 0 Å². The number of carboxylic acids is 1. The number of thiocarbonyl (C=S) groups is 1. The summed E-state index contributed by atoms with van der Waals surface area (Å²) in [4.78, 5) is 16.3. The summed E-state index contributed by atoms with van der Waals surface area (Å²) in [5, 5.41) is 12.3. The minimum Gasteiger partial charge on any atom is -0.497 e. The summed E-state index contributed by atoms with van der Waals surface area (Å²) in [5.41, 5.74) is 3.15. The van der Waals surface area contributed by atoms with E-state index in [1.54, 1.807) is 7.11 Å². The lowest BCUT2D eigenvalue weighted by Crippen LogP contribution is -2.26. The van der Waals surface area contributed by atoms with Crippen molar-refractivity contribution in [3.63, 3.8) is 0 Å². The first-order valence-corrected chi connectivity index (χ1v) is 8.73. The number of fused-ring (bicyclic) bond motifs is 1. The number of rotatable bonds is 4. The average Bonchev–Trinajstić information content (AvgIpc) is 2.72. The van der Waals surface area contributed by atoms with Crippen molar-refractivity contribution >= 4 is 50.5 Å². The number of ether oxygens (including phenoxy) is 1. The van der Waals surface area contributed by atoms with E-state index >= 15 is 0 Å². The van der Waals surface area contributed by atoms with Crippen LogP contribution in [0.4, 0.5) is 5.69 Å². The van der Waals surface area contributed by atoms with E-state index < -0.39 is 12.0 Å².